The molecular weight excluding hydrogens is 538 g/mol. The van der Waals surface area contributed by atoms with E-state index < -0.39 is 28.5 Å². The smallest absolute Gasteiger partial charge is 0.264 e. The third kappa shape index (κ3) is 7.30. The van der Waals surface area contributed by atoms with E-state index in [1.807, 2.05) is 38.1 Å². The molecule has 0 spiro atoms. The number of aryl methyl sites for hydroxylation is 2. The Morgan fingerprint density at radius 2 is 1.56 bits per heavy atom. The van der Waals surface area contributed by atoms with E-state index in [9.17, 15) is 18.0 Å². The van der Waals surface area contributed by atoms with Gasteiger partial charge in [0, 0.05) is 13.1 Å². The van der Waals surface area contributed by atoms with Crippen molar-refractivity contribution in [2.45, 2.75) is 45.2 Å². The Labute approximate surface area is 235 Å². The molecule has 0 saturated carbocycles. The van der Waals surface area contributed by atoms with E-state index in [-0.39, 0.29) is 28.1 Å². The normalized spacial score (nSPS) is 11.9. The van der Waals surface area contributed by atoms with Crippen LogP contribution in [0, 0.1) is 13.8 Å². The number of likely N-dealkylation sites (N-methyl/N-ethyl adjacent to an activating group) is 1. The monoisotopic (exact) mass is 571 g/mol. The SMILES string of the molecule is CCNC(=O)[C@@H](C)N(Cc1ccc(C)cc1)C(=O)CN(c1ccc(OC)c(Cl)c1)S(=O)(=O)c1ccc(C)cc1. The molecule has 0 aliphatic carbocycles. The second-order valence-corrected chi connectivity index (χ2v) is 11.5. The molecule has 0 radical (unpaired) electrons. The number of carbonyl (C=O) groups is 2. The summed E-state index contributed by atoms with van der Waals surface area (Å²) in [6.07, 6.45) is 0. The van der Waals surface area contributed by atoms with E-state index in [0.717, 1.165) is 21.0 Å². The third-order valence-electron chi connectivity index (χ3n) is 6.30. The third-order valence-corrected chi connectivity index (χ3v) is 8.39. The average Bonchev–Trinajstić information content (AvgIpc) is 2.91. The van der Waals surface area contributed by atoms with Gasteiger partial charge < -0.3 is 15.0 Å². The van der Waals surface area contributed by atoms with Crippen molar-refractivity contribution in [3.8, 4) is 5.75 Å². The van der Waals surface area contributed by atoms with Crippen LogP contribution in [0.15, 0.2) is 71.6 Å². The van der Waals surface area contributed by atoms with Crippen molar-refractivity contribution >= 4 is 39.1 Å². The minimum Gasteiger partial charge on any atom is -0.495 e. The number of amides is 2. The predicted molar refractivity (Wildman–Crippen MR) is 154 cm³/mol. The largest absolute Gasteiger partial charge is 0.495 e. The Morgan fingerprint density at radius 1 is 0.974 bits per heavy atom. The molecule has 0 unspecified atom stereocenters. The number of hydrogen-bond acceptors (Lipinski definition) is 5. The van der Waals surface area contributed by atoms with Gasteiger partial charge in [-0.1, -0.05) is 59.1 Å². The van der Waals surface area contributed by atoms with E-state index in [1.54, 1.807) is 32.0 Å². The van der Waals surface area contributed by atoms with Crippen LogP contribution in [-0.2, 0) is 26.2 Å². The maximum Gasteiger partial charge on any atom is 0.264 e. The van der Waals surface area contributed by atoms with Gasteiger partial charge in [0.05, 0.1) is 22.7 Å². The fourth-order valence-corrected chi connectivity index (χ4v) is 5.63. The van der Waals surface area contributed by atoms with Gasteiger partial charge in [0.15, 0.2) is 0 Å². The lowest BCUT2D eigenvalue weighted by Crippen LogP contribution is -2.51. The molecule has 0 aliphatic rings. The zero-order valence-corrected chi connectivity index (χ0v) is 24.3. The molecule has 0 bridgehead atoms. The maximum atomic E-state index is 13.9. The van der Waals surface area contributed by atoms with E-state index >= 15 is 0 Å². The van der Waals surface area contributed by atoms with E-state index in [2.05, 4.69) is 5.32 Å². The molecule has 0 aromatic heterocycles. The summed E-state index contributed by atoms with van der Waals surface area (Å²) in [6.45, 7) is 7.20. The number of carbonyl (C=O) groups excluding carboxylic acids is 2. The maximum absolute atomic E-state index is 13.9. The summed E-state index contributed by atoms with van der Waals surface area (Å²) in [5, 5.41) is 2.94. The fourth-order valence-electron chi connectivity index (χ4n) is 3.97. The van der Waals surface area contributed by atoms with Crippen LogP contribution < -0.4 is 14.4 Å². The predicted octanol–water partition coefficient (Wildman–Crippen LogP) is 4.71. The number of nitrogens with zero attached hydrogens (tertiary/aromatic N) is 2. The van der Waals surface area contributed by atoms with Crippen molar-refractivity contribution < 1.29 is 22.7 Å². The van der Waals surface area contributed by atoms with Crippen molar-refractivity contribution in [1.82, 2.24) is 10.2 Å². The molecule has 0 heterocycles. The van der Waals surface area contributed by atoms with Gasteiger partial charge in [0.2, 0.25) is 11.8 Å². The van der Waals surface area contributed by atoms with Crippen molar-refractivity contribution in [3.05, 3.63) is 88.4 Å². The summed E-state index contributed by atoms with van der Waals surface area (Å²) >= 11 is 6.34. The Bertz CT molecular complexity index is 1410. The summed E-state index contributed by atoms with van der Waals surface area (Å²) in [6, 6.07) is 17.6. The molecule has 208 valence electrons. The number of halogens is 1. The zero-order chi connectivity index (χ0) is 28.7. The number of hydrogen-bond donors (Lipinski definition) is 1. The second-order valence-electron chi connectivity index (χ2n) is 9.22. The molecule has 0 saturated heterocycles. The first-order valence-corrected chi connectivity index (χ1v) is 14.4. The topological polar surface area (TPSA) is 96.0 Å². The number of sulfonamides is 1. The summed E-state index contributed by atoms with van der Waals surface area (Å²) in [5.74, 6) is -0.513. The molecule has 39 heavy (non-hydrogen) atoms. The standard InChI is InChI=1S/C29H34ClN3O5S/c1-6-31-29(35)22(4)32(18-23-11-7-20(2)8-12-23)28(34)19-33(24-13-16-27(38-5)26(30)17-24)39(36,37)25-14-9-21(3)10-15-25/h7-17,22H,6,18-19H2,1-5H3,(H,31,35)/t22-/m1/s1. The lowest BCUT2D eigenvalue weighted by atomic mass is 10.1. The number of methoxy groups -OCH3 is 1. The van der Waals surface area contributed by atoms with Crippen LogP contribution in [0.5, 0.6) is 5.75 Å². The number of anilines is 1. The molecule has 2 amide bonds. The molecule has 1 atom stereocenters. The van der Waals surface area contributed by atoms with Crippen molar-refractivity contribution in [2.24, 2.45) is 0 Å². The van der Waals surface area contributed by atoms with Crippen molar-refractivity contribution in [3.63, 3.8) is 0 Å². The highest BCUT2D eigenvalue weighted by Crippen LogP contribution is 2.32. The molecule has 1 N–H and O–H groups in total. The van der Waals surface area contributed by atoms with Crippen LogP contribution in [0.25, 0.3) is 0 Å². The Kier molecular flexibility index (Phi) is 9.99. The lowest BCUT2D eigenvalue weighted by molar-refractivity contribution is -0.139. The molecule has 0 aliphatic heterocycles. The molecule has 3 aromatic rings. The summed E-state index contributed by atoms with van der Waals surface area (Å²) in [5.41, 5.74) is 2.95. The van der Waals surface area contributed by atoms with Gasteiger partial charge in [-0.2, -0.15) is 0 Å². The number of ether oxygens (including phenoxy) is 1. The van der Waals surface area contributed by atoms with Gasteiger partial charge in [-0.3, -0.25) is 13.9 Å². The molecular formula is C29H34ClN3O5S. The Balaban J connectivity index is 2.06. The van der Waals surface area contributed by atoms with E-state index in [4.69, 9.17) is 16.3 Å². The highest BCUT2D eigenvalue weighted by Gasteiger charge is 2.32. The van der Waals surface area contributed by atoms with Crippen LogP contribution in [0.1, 0.15) is 30.5 Å². The number of nitrogens with one attached hydrogen (secondary N) is 1. The Hall–Kier alpha value is -3.56. The van der Waals surface area contributed by atoms with Gasteiger partial charge in [-0.15, -0.1) is 0 Å². The Morgan fingerprint density at radius 3 is 2.10 bits per heavy atom. The molecule has 10 heteroatoms. The fraction of sp³-hybridized carbons (Fsp3) is 0.310. The first-order valence-electron chi connectivity index (χ1n) is 12.5. The van der Waals surface area contributed by atoms with Gasteiger partial charge >= 0.3 is 0 Å². The molecule has 3 aromatic carbocycles. The molecule has 8 nitrogen and oxygen atoms in total. The molecule has 0 fully saturated rings. The van der Waals surface area contributed by atoms with Crippen LogP contribution in [-0.4, -0.2) is 51.4 Å². The van der Waals surface area contributed by atoms with Gasteiger partial charge in [-0.05, 0) is 63.6 Å². The van der Waals surface area contributed by atoms with Gasteiger partial charge in [-0.25, -0.2) is 8.42 Å². The highest BCUT2D eigenvalue weighted by molar-refractivity contribution is 7.92. The first-order chi connectivity index (χ1) is 18.5. The van der Waals surface area contributed by atoms with Crippen molar-refractivity contribution in [2.75, 3.05) is 24.5 Å². The second kappa shape index (κ2) is 13.0. The molecule has 3 rings (SSSR count). The first kappa shape index (κ1) is 30.0. The zero-order valence-electron chi connectivity index (χ0n) is 22.8. The summed E-state index contributed by atoms with van der Waals surface area (Å²) < 4.78 is 34.0. The van der Waals surface area contributed by atoms with E-state index in [1.165, 1.54) is 36.3 Å². The quantitative estimate of drug-likeness (QED) is 0.359. The highest BCUT2D eigenvalue weighted by atomic mass is 35.5. The minimum absolute atomic E-state index is 0.0229. The number of benzene rings is 3. The van der Waals surface area contributed by atoms with Crippen LogP contribution >= 0.6 is 11.6 Å². The van der Waals surface area contributed by atoms with Gasteiger partial charge in [0.25, 0.3) is 10.0 Å². The summed E-state index contributed by atoms with van der Waals surface area (Å²) in [7, 11) is -2.73. The van der Waals surface area contributed by atoms with Crippen LogP contribution in [0.2, 0.25) is 5.02 Å². The van der Waals surface area contributed by atoms with Crippen LogP contribution in [0.4, 0.5) is 5.69 Å². The minimum atomic E-state index is -4.18. The average molecular weight is 572 g/mol. The number of rotatable bonds is 11. The van der Waals surface area contributed by atoms with Gasteiger partial charge in [0.1, 0.15) is 18.3 Å². The van der Waals surface area contributed by atoms with Crippen molar-refractivity contribution in [1.29, 1.82) is 0 Å². The lowest BCUT2D eigenvalue weighted by Gasteiger charge is -2.32. The van der Waals surface area contributed by atoms with Crippen LogP contribution in [0.3, 0.4) is 0 Å². The summed E-state index contributed by atoms with van der Waals surface area (Å²) in [4.78, 5) is 28.1. The van der Waals surface area contributed by atoms with E-state index in [0.29, 0.717) is 12.3 Å².